The van der Waals surface area contributed by atoms with Gasteiger partial charge in [-0.05, 0) is 56.4 Å². The van der Waals surface area contributed by atoms with Crippen LogP contribution in [0.1, 0.15) is 50.5 Å². The standard InChI is InChI=1S/C28H37N3O5/c1-2-35-28-21(13-10-18-32)22(20-11-4-3-5-12-20)19-25(36-28)27(34)30-17-9-8-16-26(33)31-24-15-7-6-14-23(24)29/h3-7,11-12,14-15,19,21-22,28,32H,2,8-10,13,16-18,29H2,1H3,(H,30,34)(H,31,33)/t21-,22+,28+/m0/s1. The van der Waals surface area contributed by atoms with Crippen LogP contribution in [0.15, 0.2) is 66.4 Å². The third-order valence-electron chi connectivity index (χ3n) is 6.17. The van der Waals surface area contributed by atoms with Gasteiger partial charge in [-0.1, -0.05) is 42.5 Å². The number of carbonyl (C=O) groups is 2. The first-order valence-corrected chi connectivity index (χ1v) is 12.6. The molecule has 0 fully saturated rings. The van der Waals surface area contributed by atoms with Gasteiger partial charge in [0.25, 0.3) is 5.91 Å². The van der Waals surface area contributed by atoms with Crippen LogP contribution < -0.4 is 16.4 Å². The van der Waals surface area contributed by atoms with E-state index in [0.717, 1.165) is 5.56 Å². The summed E-state index contributed by atoms with van der Waals surface area (Å²) in [5.74, 6) is -0.273. The Morgan fingerprint density at radius 3 is 2.53 bits per heavy atom. The number of nitrogens with one attached hydrogen (secondary N) is 2. The van der Waals surface area contributed by atoms with Crippen molar-refractivity contribution in [1.82, 2.24) is 5.32 Å². The lowest BCUT2D eigenvalue weighted by Crippen LogP contribution is -2.39. The van der Waals surface area contributed by atoms with Crippen LogP contribution in [0.3, 0.4) is 0 Å². The van der Waals surface area contributed by atoms with E-state index in [4.69, 9.17) is 15.2 Å². The first-order chi connectivity index (χ1) is 17.5. The molecule has 3 rings (SSSR count). The van der Waals surface area contributed by atoms with Gasteiger partial charge in [0.15, 0.2) is 5.76 Å². The molecular weight excluding hydrogens is 458 g/mol. The minimum Gasteiger partial charge on any atom is -0.459 e. The summed E-state index contributed by atoms with van der Waals surface area (Å²) in [5.41, 5.74) is 8.06. The first-order valence-electron chi connectivity index (χ1n) is 12.6. The lowest BCUT2D eigenvalue weighted by Gasteiger charge is -2.37. The van der Waals surface area contributed by atoms with Crippen LogP contribution in [0.25, 0.3) is 0 Å². The number of nitrogen functional groups attached to an aromatic ring is 1. The van der Waals surface area contributed by atoms with E-state index in [1.54, 1.807) is 12.1 Å². The number of nitrogens with two attached hydrogens (primary N) is 1. The maximum atomic E-state index is 12.9. The van der Waals surface area contributed by atoms with Crippen molar-refractivity contribution in [3.05, 3.63) is 72.0 Å². The number of hydrogen-bond donors (Lipinski definition) is 4. The predicted molar refractivity (Wildman–Crippen MR) is 140 cm³/mol. The van der Waals surface area contributed by atoms with Crippen molar-refractivity contribution in [3.63, 3.8) is 0 Å². The smallest absolute Gasteiger partial charge is 0.286 e. The molecule has 1 aliphatic heterocycles. The Morgan fingerprint density at radius 1 is 1.06 bits per heavy atom. The Bertz CT molecular complexity index is 1010. The zero-order valence-electron chi connectivity index (χ0n) is 20.8. The molecule has 1 aliphatic rings. The second kappa shape index (κ2) is 14.3. The highest BCUT2D eigenvalue weighted by atomic mass is 16.7. The number of aliphatic hydroxyl groups excluding tert-OH is 1. The molecule has 2 aromatic carbocycles. The molecule has 5 N–H and O–H groups in total. The number of allylic oxidation sites excluding steroid dienone is 1. The van der Waals surface area contributed by atoms with Crippen molar-refractivity contribution in [2.75, 3.05) is 30.8 Å². The van der Waals surface area contributed by atoms with Gasteiger partial charge in [0.1, 0.15) is 0 Å². The van der Waals surface area contributed by atoms with E-state index >= 15 is 0 Å². The molecule has 2 amide bonds. The molecule has 8 nitrogen and oxygen atoms in total. The van der Waals surface area contributed by atoms with Crippen LogP contribution in [0.2, 0.25) is 0 Å². The van der Waals surface area contributed by atoms with Crippen LogP contribution in [0, 0.1) is 5.92 Å². The van der Waals surface area contributed by atoms with E-state index in [1.165, 1.54) is 0 Å². The topological polar surface area (TPSA) is 123 Å². The Morgan fingerprint density at radius 2 is 1.81 bits per heavy atom. The fourth-order valence-electron chi connectivity index (χ4n) is 4.34. The second-order valence-corrected chi connectivity index (χ2v) is 8.79. The molecule has 0 radical (unpaired) electrons. The van der Waals surface area contributed by atoms with Crippen LogP contribution in [0.4, 0.5) is 11.4 Å². The van der Waals surface area contributed by atoms with Gasteiger partial charge in [-0.25, -0.2) is 0 Å². The number of hydrogen-bond acceptors (Lipinski definition) is 6. The maximum absolute atomic E-state index is 12.9. The number of benzene rings is 2. The molecule has 8 heteroatoms. The number of unbranched alkanes of at least 4 members (excludes halogenated alkanes) is 1. The summed E-state index contributed by atoms with van der Waals surface area (Å²) in [7, 11) is 0. The number of ether oxygens (including phenoxy) is 2. The van der Waals surface area contributed by atoms with Crippen molar-refractivity contribution < 1.29 is 24.2 Å². The maximum Gasteiger partial charge on any atom is 0.286 e. The van der Waals surface area contributed by atoms with E-state index in [1.807, 2.05) is 55.5 Å². The Hall–Kier alpha value is -3.36. The summed E-state index contributed by atoms with van der Waals surface area (Å²) < 4.78 is 11.9. The Labute approximate surface area is 212 Å². The highest BCUT2D eigenvalue weighted by molar-refractivity contribution is 5.93. The van der Waals surface area contributed by atoms with E-state index in [-0.39, 0.29) is 36.0 Å². The number of aliphatic hydroxyl groups is 1. The molecule has 0 unspecified atom stereocenters. The van der Waals surface area contributed by atoms with Gasteiger partial charge >= 0.3 is 0 Å². The zero-order chi connectivity index (χ0) is 25.8. The quantitative estimate of drug-likeness (QED) is 0.247. The third kappa shape index (κ3) is 7.83. The first kappa shape index (κ1) is 27.2. The average Bonchev–Trinajstić information content (AvgIpc) is 2.89. The van der Waals surface area contributed by atoms with Crippen LogP contribution in [-0.2, 0) is 19.1 Å². The summed E-state index contributed by atoms with van der Waals surface area (Å²) in [4.78, 5) is 25.1. The van der Waals surface area contributed by atoms with Crippen molar-refractivity contribution in [3.8, 4) is 0 Å². The third-order valence-corrected chi connectivity index (χ3v) is 6.17. The zero-order valence-corrected chi connectivity index (χ0v) is 20.8. The van der Waals surface area contributed by atoms with Gasteiger partial charge in [0.05, 0.1) is 11.4 Å². The van der Waals surface area contributed by atoms with E-state index in [2.05, 4.69) is 10.6 Å². The fourth-order valence-corrected chi connectivity index (χ4v) is 4.34. The summed E-state index contributed by atoms with van der Waals surface area (Å²) in [5, 5.41) is 15.1. The number of carbonyl (C=O) groups excluding carboxylic acids is 2. The van der Waals surface area contributed by atoms with Crippen LogP contribution in [0.5, 0.6) is 0 Å². The summed E-state index contributed by atoms with van der Waals surface area (Å²) >= 11 is 0. The molecule has 0 aliphatic carbocycles. The number of rotatable bonds is 13. The van der Waals surface area contributed by atoms with Crippen LogP contribution in [-0.4, -0.2) is 43.0 Å². The van der Waals surface area contributed by atoms with Crippen molar-refractivity contribution >= 4 is 23.2 Å². The monoisotopic (exact) mass is 495 g/mol. The van der Waals surface area contributed by atoms with Gasteiger partial charge in [-0.15, -0.1) is 0 Å². The molecule has 0 aromatic heterocycles. The molecule has 2 aromatic rings. The average molecular weight is 496 g/mol. The Balaban J connectivity index is 1.55. The van der Waals surface area contributed by atoms with Gasteiger partial charge in [-0.2, -0.15) is 0 Å². The molecule has 3 atom stereocenters. The van der Waals surface area contributed by atoms with Gasteiger partial charge in [0.2, 0.25) is 12.2 Å². The van der Waals surface area contributed by atoms with E-state index in [9.17, 15) is 14.7 Å². The van der Waals surface area contributed by atoms with Crippen molar-refractivity contribution in [2.45, 2.75) is 51.2 Å². The van der Waals surface area contributed by atoms with Crippen LogP contribution >= 0.6 is 0 Å². The Kier molecular flexibility index (Phi) is 10.8. The predicted octanol–water partition coefficient (Wildman–Crippen LogP) is 3.94. The summed E-state index contributed by atoms with van der Waals surface area (Å²) in [6, 6.07) is 17.1. The minimum atomic E-state index is -0.577. The van der Waals surface area contributed by atoms with Gasteiger partial charge in [-0.3, -0.25) is 9.59 Å². The summed E-state index contributed by atoms with van der Waals surface area (Å²) in [6.07, 6.45) is 4.22. The second-order valence-electron chi connectivity index (χ2n) is 8.79. The summed E-state index contributed by atoms with van der Waals surface area (Å²) in [6.45, 7) is 2.85. The number of amides is 2. The molecule has 0 saturated heterocycles. The van der Waals surface area contributed by atoms with Crippen molar-refractivity contribution in [1.29, 1.82) is 0 Å². The lowest BCUT2D eigenvalue weighted by molar-refractivity contribution is -0.166. The highest BCUT2D eigenvalue weighted by Gasteiger charge is 2.37. The highest BCUT2D eigenvalue weighted by Crippen LogP contribution is 2.39. The molecule has 0 spiro atoms. The van der Waals surface area contributed by atoms with E-state index in [0.29, 0.717) is 56.6 Å². The molecule has 194 valence electrons. The molecule has 0 bridgehead atoms. The number of para-hydroxylation sites is 2. The molecular formula is C28H37N3O5. The molecule has 36 heavy (non-hydrogen) atoms. The van der Waals surface area contributed by atoms with Gasteiger partial charge in [0, 0.05) is 38.0 Å². The lowest BCUT2D eigenvalue weighted by atomic mass is 9.80. The largest absolute Gasteiger partial charge is 0.459 e. The van der Waals surface area contributed by atoms with Gasteiger partial charge < -0.3 is 30.9 Å². The minimum absolute atomic E-state index is 0.0202. The molecule has 1 heterocycles. The normalized spacial score (nSPS) is 19.2. The van der Waals surface area contributed by atoms with E-state index < -0.39 is 6.29 Å². The SMILES string of the molecule is CCO[C@@H]1OC(C(=O)NCCCCC(=O)Nc2ccccc2N)=C[C@H](c2ccccc2)[C@@H]1CCCO. The number of anilines is 2. The van der Waals surface area contributed by atoms with Crippen molar-refractivity contribution in [2.24, 2.45) is 5.92 Å². The fraction of sp³-hybridized carbons (Fsp3) is 0.429. The molecule has 0 saturated carbocycles.